The summed E-state index contributed by atoms with van der Waals surface area (Å²) in [6, 6.07) is 2.34. The average Bonchev–Trinajstić information content (AvgIpc) is 3.23. The van der Waals surface area contributed by atoms with Crippen LogP contribution in [0.15, 0.2) is 0 Å². The minimum atomic E-state index is 0.726. The first-order valence-electron chi connectivity index (χ1n) is 8.25. The van der Waals surface area contributed by atoms with Crippen LogP contribution in [0.3, 0.4) is 0 Å². The van der Waals surface area contributed by atoms with Gasteiger partial charge in [-0.1, -0.05) is 19.3 Å². The third-order valence-corrected chi connectivity index (χ3v) is 5.47. The van der Waals surface area contributed by atoms with Crippen molar-refractivity contribution in [3.63, 3.8) is 0 Å². The van der Waals surface area contributed by atoms with Crippen molar-refractivity contribution in [2.24, 2.45) is 11.8 Å². The van der Waals surface area contributed by atoms with E-state index in [1.807, 2.05) is 0 Å². The van der Waals surface area contributed by atoms with E-state index in [2.05, 4.69) is 24.1 Å². The number of nitrogens with zero attached hydrogens (tertiary/aromatic N) is 1. The van der Waals surface area contributed by atoms with Gasteiger partial charge in [0.05, 0.1) is 0 Å². The highest BCUT2D eigenvalue weighted by molar-refractivity contribution is 4.97. The molecule has 2 atom stereocenters. The topological polar surface area (TPSA) is 15.3 Å². The summed E-state index contributed by atoms with van der Waals surface area (Å²) in [7, 11) is 0. The monoisotopic (exact) mass is 250 g/mol. The number of hydrogen-bond donors (Lipinski definition) is 1. The molecular weight excluding hydrogens is 220 g/mol. The second kappa shape index (κ2) is 5.50. The first-order chi connectivity index (χ1) is 8.75. The van der Waals surface area contributed by atoms with Crippen molar-refractivity contribution in [1.82, 2.24) is 10.2 Å². The lowest BCUT2D eigenvalue weighted by atomic mass is 9.82. The van der Waals surface area contributed by atoms with Crippen LogP contribution in [0.2, 0.25) is 0 Å². The number of hydrogen-bond acceptors (Lipinski definition) is 2. The summed E-state index contributed by atoms with van der Waals surface area (Å²) in [6.07, 6.45) is 10.3. The molecule has 1 aliphatic heterocycles. The van der Waals surface area contributed by atoms with Crippen molar-refractivity contribution in [3.8, 4) is 0 Å². The van der Waals surface area contributed by atoms with Crippen LogP contribution in [0.25, 0.3) is 0 Å². The Bertz CT molecular complexity index is 266. The molecule has 2 saturated carbocycles. The normalized spacial score (nSPS) is 36.2. The predicted octanol–water partition coefficient (Wildman–Crippen LogP) is 3.03. The number of rotatable bonds is 3. The minimum Gasteiger partial charge on any atom is -0.311 e. The Labute approximate surface area is 113 Å². The van der Waals surface area contributed by atoms with E-state index in [-0.39, 0.29) is 0 Å². The van der Waals surface area contributed by atoms with Crippen molar-refractivity contribution >= 4 is 0 Å². The molecule has 104 valence electrons. The molecule has 0 spiro atoms. The maximum absolute atomic E-state index is 3.90. The molecular formula is C16H30N2. The van der Waals surface area contributed by atoms with Crippen LogP contribution in [0.1, 0.15) is 58.8 Å². The maximum Gasteiger partial charge on any atom is 0.0252 e. The van der Waals surface area contributed by atoms with Gasteiger partial charge in [-0.2, -0.15) is 0 Å². The molecule has 18 heavy (non-hydrogen) atoms. The van der Waals surface area contributed by atoms with Crippen LogP contribution in [-0.2, 0) is 0 Å². The van der Waals surface area contributed by atoms with Gasteiger partial charge in [-0.3, -0.25) is 4.90 Å². The molecule has 1 N–H and O–H groups in total. The summed E-state index contributed by atoms with van der Waals surface area (Å²) in [4.78, 5) is 2.81. The highest BCUT2D eigenvalue weighted by atomic mass is 15.3. The third-order valence-electron chi connectivity index (χ3n) is 5.47. The molecule has 3 aliphatic rings. The molecule has 2 heteroatoms. The molecule has 2 aliphatic carbocycles. The molecule has 0 amide bonds. The van der Waals surface area contributed by atoms with Gasteiger partial charge >= 0.3 is 0 Å². The summed E-state index contributed by atoms with van der Waals surface area (Å²) in [5.74, 6) is 1.97. The Morgan fingerprint density at radius 3 is 2.28 bits per heavy atom. The lowest BCUT2D eigenvalue weighted by Gasteiger charge is -2.46. The van der Waals surface area contributed by atoms with Gasteiger partial charge in [0.2, 0.25) is 0 Å². The standard InChI is InChI=1S/C16H30N2/c1-12(2)18-11-15(13-6-4-3-5-7-13)17-10-16(18)14-8-9-14/h12-17H,3-11H2,1-2H3. The highest BCUT2D eigenvalue weighted by Gasteiger charge is 2.41. The molecule has 3 rings (SSSR count). The van der Waals surface area contributed by atoms with Crippen molar-refractivity contribution in [2.45, 2.75) is 76.9 Å². The summed E-state index contributed by atoms with van der Waals surface area (Å²) in [6.45, 7) is 7.34. The molecule has 3 fully saturated rings. The van der Waals surface area contributed by atoms with Crippen LogP contribution in [0, 0.1) is 11.8 Å². The van der Waals surface area contributed by atoms with Crippen molar-refractivity contribution < 1.29 is 0 Å². The SMILES string of the molecule is CC(C)N1CC(C2CCCCC2)NCC1C1CC1. The molecule has 0 aromatic carbocycles. The van der Waals surface area contributed by atoms with Gasteiger partial charge in [-0.05, 0) is 51.4 Å². The van der Waals surface area contributed by atoms with Crippen molar-refractivity contribution in [2.75, 3.05) is 13.1 Å². The smallest absolute Gasteiger partial charge is 0.0252 e. The summed E-state index contributed by atoms with van der Waals surface area (Å²) in [5, 5.41) is 3.90. The largest absolute Gasteiger partial charge is 0.311 e. The fourth-order valence-corrected chi connectivity index (χ4v) is 4.18. The average molecular weight is 250 g/mol. The molecule has 0 aromatic heterocycles. The van der Waals surface area contributed by atoms with Crippen molar-refractivity contribution in [3.05, 3.63) is 0 Å². The Hall–Kier alpha value is -0.0800. The fraction of sp³-hybridized carbons (Fsp3) is 1.00. The minimum absolute atomic E-state index is 0.726. The van der Waals surface area contributed by atoms with Gasteiger partial charge in [0.1, 0.15) is 0 Å². The highest BCUT2D eigenvalue weighted by Crippen LogP contribution is 2.38. The van der Waals surface area contributed by atoms with E-state index in [4.69, 9.17) is 0 Å². The second-order valence-electron chi connectivity index (χ2n) is 7.11. The molecule has 2 unspecified atom stereocenters. The van der Waals surface area contributed by atoms with Gasteiger partial charge in [0, 0.05) is 31.2 Å². The molecule has 0 radical (unpaired) electrons. The van der Waals surface area contributed by atoms with Crippen LogP contribution >= 0.6 is 0 Å². The van der Waals surface area contributed by atoms with E-state index in [1.54, 1.807) is 0 Å². The zero-order valence-corrected chi connectivity index (χ0v) is 12.2. The Kier molecular flexibility index (Phi) is 3.95. The van der Waals surface area contributed by atoms with Gasteiger partial charge in [0.15, 0.2) is 0 Å². The lowest BCUT2D eigenvalue weighted by molar-refractivity contribution is 0.0595. The number of piperazine rings is 1. The van der Waals surface area contributed by atoms with E-state index in [0.29, 0.717) is 0 Å². The fourth-order valence-electron chi connectivity index (χ4n) is 4.18. The summed E-state index contributed by atoms with van der Waals surface area (Å²) >= 11 is 0. The van der Waals surface area contributed by atoms with Gasteiger partial charge in [-0.15, -0.1) is 0 Å². The molecule has 0 aromatic rings. The van der Waals surface area contributed by atoms with Crippen LogP contribution < -0.4 is 5.32 Å². The van der Waals surface area contributed by atoms with E-state index in [0.717, 1.165) is 30.0 Å². The zero-order chi connectivity index (χ0) is 12.5. The third kappa shape index (κ3) is 2.75. The number of nitrogens with one attached hydrogen (secondary N) is 1. The quantitative estimate of drug-likeness (QED) is 0.828. The van der Waals surface area contributed by atoms with Gasteiger partial charge in [0.25, 0.3) is 0 Å². The van der Waals surface area contributed by atoms with E-state index >= 15 is 0 Å². The van der Waals surface area contributed by atoms with Crippen LogP contribution in [-0.4, -0.2) is 36.1 Å². The summed E-state index contributed by atoms with van der Waals surface area (Å²) < 4.78 is 0. The Morgan fingerprint density at radius 1 is 0.944 bits per heavy atom. The van der Waals surface area contributed by atoms with Crippen LogP contribution in [0.5, 0.6) is 0 Å². The van der Waals surface area contributed by atoms with E-state index in [1.165, 1.54) is 58.0 Å². The van der Waals surface area contributed by atoms with E-state index in [9.17, 15) is 0 Å². The molecule has 0 bridgehead atoms. The van der Waals surface area contributed by atoms with Gasteiger partial charge in [-0.25, -0.2) is 0 Å². The maximum atomic E-state index is 3.90. The Balaban J connectivity index is 1.61. The van der Waals surface area contributed by atoms with Crippen LogP contribution in [0.4, 0.5) is 0 Å². The molecule has 2 nitrogen and oxygen atoms in total. The summed E-state index contributed by atoms with van der Waals surface area (Å²) in [5.41, 5.74) is 0. The zero-order valence-electron chi connectivity index (χ0n) is 12.2. The first kappa shape index (κ1) is 12.9. The Morgan fingerprint density at radius 2 is 1.67 bits per heavy atom. The molecule has 1 heterocycles. The van der Waals surface area contributed by atoms with Crippen molar-refractivity contribution in [1.29, 1.82) is 0 Å². The molecule has 1 saturated heterocycles. The van der Waals surface area contributed by atoms with Gasteiger partial charge < -0.3 is 5.32 Å². The first-order valence-corrected chi connectivity index (χ1v) is 8.25. The predicted molar refractivity (Wildman–Crippen MR) is 76.7 cm³/mol. The lowest BCUT2D eigenvalue weighted by Crippen LogP contribution is -2.61. The van der Waals surface area contributed by atoms with E-state index < -0.39 is 0 Å². The second-order valence-corrected chi connectivity index (χ2v) is 7.11.